The number of rotatable bonds is 2. The zero-order chi connectivity index (χ0) is 12.5. The van der Waals surface area contributed by atoms with E-state index in [4.69, 9.17) is 11.6 Å². The molecule has 18 heavy (non-hydrogen) atoms. The van der Waals surface area contributed by atoms with Crippen molar-refractivity contribution in [1.82, 2.24) is 9.97 Å². The lowest BCUT2D eigenvalue weighted by molar-refractivity contribution is 1.31. The third-order valence-corrected chi connectivity index (χ3v) is 3.26. The van der Waals surface area contributed by atoms with Crippen LogP contribution in [0.1, 0.15) is 0 Å². The Labute approximate surface area is 117 Å². The summed E-state index contributed by atoms with van der Waals surface area (Å²) in [7, 11) is 0. The van der Waals surface area contributed by atoms with Crippen molar-refractivity contribution in [2.24, 2.45) is 0 Å². The van der Waals surface area contributed by atoms with Crippen LogP contribution in [0.25, 0.3) is 11.0 Å². The summed E-state index contributed by atoms with van der Waals surface area (Å²) in [5.74, 6) is 0.699. The van der Waals surface area contributed by atoms with E-state index in [0.29, 0.717) is 11.0 Å². The maximum atomic E-state index is 5.93. The summed E-state index contributed by atoms with van der Waals surface area (Å²) in [5.41, 5.74) is 2.80. The molecule has 3 aromatic rings. The number of nitrogens with zero attached hydrogens (tertiary/aromatic N) is 1. The number of nitrogens with one attached hydrogen (secondary N) is 2. The molecule has 0 aliphatic carbocycles. The Morgan fingerprint density at radius 2 is 2.06 bits per heavy atom. The molecule has 0 radical (unpaired) electrons. The Kier molecular flexibility index (Phi) is 2.97. The van der Waals surface area contributed by atoms with E-state index in [-0.39, 0.29) is 0 Å². The second kappa shape index (κ2) is 4.63. The first kappa shape index (κ1) is 11.6. The highest BCUT2D eigenvalue weighted by atomic mass is 79.9. The summed E-state index contributed by atoms with van der Waals surface area (Å²) in [6, 6.07) is 13.4. The van der Waals surface area contributed by atoms with Crippen LogP contribution >= 0.6 is 27.5 Å². The SMILES string of the molecule is Clc1cccc(Nc2nc3ccc(Br)cc3[nH]2)c1. The van der Waals surface area contributed by atoms with Gasteiger partial charge in [0.05, 0.1) is 11.0 Å². The molecule has 1 heterocycles. The minimum Gasteiger partial charge on any atom is -0.326 e. The first-order chi connectivity index (χ1) is 8.70. The molecule has 0 saturated carbocycles. The van der Waals surface area contributed by atoms with Gasteiger partial charge in [0, 0.05) is 15.2 Å². The van der Waals surface area contributed by atoms with Gasteiger partial charge in [0.25, 0.3) is 0 Å². The molecule has 0 spiro atoms. The Hall–Kier alpha value is -1.52. The van der Waals surface area contributed by atoms with Gasteiger partial charge in [0.15, 0.2) is 0 Å². The fourth-order valence-corrected chi connectivity index (χ4v) is 2.30. The molecule has 3 rings (SSSR count). The van der Waals surface area contributed by atoms with Crippen molar-refractivity contribution < 1.29 is 0 Å². The van der Waals surface area contributed by atoms with E-state index >= 15 is 0 Å². The maximum Gasteiger partial charge on any atom is 0.205 e. The average Bonchev–Trinajstić information content (AvgIpc) is 2.70. The van der Waals surface area contributed by atoms with Gasteiger partial charge in [-0.1, -0.05) is 33.6 Å². The number of imidazole rings is 1. The summed E-state index contributed by atoms with van der Waals surface area (Å²) in [5, 5.41) is 3.88. The van der Waals surface area contributed by atoms with Crippen LogP contribution in [0, 0.1) is 0 Å². The summed E-state index contributed by atoms with van der Waals surface area (Å²) < 4.78 is 1.02. The number of halogens is 2. The topological polar surface area (TPSA) is 40.7 Å². The van der Waals surface area contributed by atoms with E-state index < -0.39 is 0 Å². The molecule has 0 saturated heterocycles. The fraction of sp³-hybridized carbons (Fsp3) is 0. The molecule has 0 aliphatic heterocycles. The number of anilines is 2. The number of benzene rings is 2. The van der Waals surface area contributed by atoms with Gasteiger partial charge >= 0.3 is 0 Å². The van der Waals surface area contributed by atoms with Gasteiger partial charge in [-0.2, -0.15) is 0 Å². The van der Waals surface area contributed by atoms with Crippen LogP contribution in [0.15, 0.2) is 46.9 Å². The molecule has 0 fully saturated rings. The predicted octanol–water partition coefficient (Wildman–Crippen LogP) is 4.72. The first-order valence-electron chi connectivity index (χ1n) is 5.38. The van der Waals surface area contributed by atoms with Crippen LogP contribution in [0.3, 0.4) is 0 Å². The summed E-state index contributed by atoms with van der Waals surface area (Å²) in [6.45, 7) is 0. The minimum atomic E-state index is 0.693. The number of H-pyrrole nitrogens is 1. The van der Waals surface area contributed by atoms with Gasteiger partial charge in [-0.25, -0.2) is 4.98 Å². The molecule has 90 valence electrons. The van der Waals surface area contributed by atoms with Crippen molar-refractivity contribution in [3.8, 4) is 0 Å². The molecule has 5 heteroatoms. The summed E-state index contributed by atoms with van der Waals surface area (Å²) in [6.07, 6.45) is 0. The van der Waals surface area contributed by atoms with E-state index in [0.717, 1.165) is 21.2 Å². The Balaban J connectivity index is 1.95. The molecule has 3 nitrogen and oxygen atoms in total. The van der Waals surface area contributed by atoms with Gasteiger partial charge in [0.1, 0.15) is 0 Å². The second-order valence-electron chi connectivity index (χ2n) is 3.88. The normalized spacial score (nSPS) is 10.8. The number of aromatic nitrogens is 2. The molecular formula is C13H9BrClN3. The maximum absolute atomic E-state index is 5.93. The van der Waals surface area contributed by atoms with Gasteiger partial charge in [-0.15, -0.1) is 0 Å². The molecule has 0 unspecified atom stereocenters. The van der Waals surface area contributed by atoms with Crippen molar-refractivity contribution in [3.63, 3.8) is 0 Å². The Morgan fingerprint density at radius 3 is 2.89 bits per heavy atom. The van der Waals surface area contributed by atoms with Crippen LogP contribution in [-0.4, -0.2) is 9.97 Å². The summed E-state index contributed by atoms with van der Waals surface area (Å²) >= 11 is 9.37. The molecule has 0 aliphatic rings. The molecule has 2 N–H and O–H groups in total. The zero-order valence-electron chi connectivity index (χ0n) is 9.24. The highest BCUT2D eigenvalue weighted by Crippen LogP contribution is 2.22. The van der Waals surface area contributed by atoms with Crippen molar-refractivity contribution in [3.05, 3.63) is 52.0 Å². The number of hydrogen-bond acceptors (Lipinski definition) is 2. The highest BCUT2D eigenvalue weighted by Gasteiger charge is 2.03. The average molecular weight is 323 g/mol. The quantitative estimate of drug-likeness (QED) is 0.716. The van der Waals surface area contributed by atoms with Crippen molar-refractivity contribution in [2.75, 3.05) is 5.32 Å². The van der Waals surface area contributed by atoms with Crippen molar-refractivity contribution in [2.45, 2.75) is 0 Å². The Morgan fingerprint density at radius 1 is 1.17 bits per heavy atom. The molecule has 2 aromatic carbocycles. The monoisotopic (exact) mass is 321 g/mol. The zero-order valence-corrected chi connectivity index (χ0v) is 11.6. The van der Waals surface area contributed by atoms with Gasteiger partial charge in [0.2, 0.25) is 5.95 Å². The van der Waals surface area contributed by atoms with E-state index in [1.54, 1.807) is 0 Å². The first-order valence-corrected chi connectivity index (χ1v) is 6.56. The summed E-state index contributed by atoms with van der Waals surface area (Å²) in [4.78, 5) is 7.66. The van der Waals surface area contributed by atoms with E-state index in [9.17, 15) is 0 Å². The lowest BCUT2D eigenvalue weighted by atomic mass is 10.3. The Bertz CT molecular complexity index is 708. The molecule has 0 bridgehead atoms. The minimum absolute atomic E-state index is 0.693. The van der Waals surface area contributed by atoms with E-state index in [2.05, 4.69) is 31.2 Å². The number of aromatic amines is 1. The third kappa shape index (κ3) is 2.35. The lowest BCUT2D eigenvalue weighted by Crippen LogP contribution is -1.91. The van der Waals surface area contributed by atoms with Crippen LogP contribution in [0.2, 0.25) is 5.02 Å². The smallest absolute Gasteiger partial charge is 0.205 e. The van der Waals surface area contributed by atoms with Crippen molar-refractivity contribution >= 4 is 50.2 Å². The third-order valence-electron chi connectivity index (χ3n) is 2.53. The molecule has 1 aromatic heterocycles. The lowest BCUT2D eigenvalue weighted by Gasteiger charge is -2.02. The molecular weight excluding hydrogens is 314 g/mol. The van der Waals surface area contributed by atoms with Crippen LogP contribution in [0.4, 0.5) is 11.6 Å². The van der Waals surface area contributed by atoms with Crippen molar-refractivity contribution in [1.29, 1.82) is 0 Å². The second-order valence-corrected chi connectivity index (χ2v) is 5.23. The van der Waals surface area contributed by atoms with Crippen LogP contribution < -0.4 is 5.32 Å². The standard InChI is InChI=1S/C13H9BrClN3/c14-8-4-5-11-12(6-8)18-13(17-11)16-10-3-1-2-9(15)7-10/h1-7H,(H2,16,17,18). The van der Waals surface area contributed by atoms with E-state index in [1.165, 1.54) is 0 Å². The van der Waals surface area contributed by atoms with Gasteiger partial charge < -0.3 is 10.3 Å². The number of hydrogen-bond donors (Lipinski definition) is 2. The highest BCUT2D eigenvalue weighted by molar-refractivity contribution is 9.10. The van der Waals surface area contributed by atoms with Gasteiger partial charge in [-0.3, -0.25) is 0 Å². The van der Waals surface area contributed by atoms with Crippen LogP contribution in [0.5, 0.6) is 0 Å². The van der Waals surface area contributed by atoms with E-state index in [1.807, 2.05) is 42.5 Å². The predicted molar refractivity (Wildman–Crippen MR) is 78.5 cm³/mol. The fourth-order valence-electron chi connectivity index (χ4n) is 1.74. The number of fused-ring (bicyclic) bond motifs is 1. The van der Waals surface area contributed by atoms with Crippen LogP contribution in [-0.2, 0) is 0 Å². The largest absolute Gasteiger partial charge is 0.326 e. The van der Waals surface area contributed by atoms with Gasteiger partial charge in [-0.05, 0) is 36.4 Å². The molecule has 0 atom stereocenters. The molecule has 0 amide bonds.